The minimum Gasteiger partial charge on any atom is -0.467 e. The van der Waals surface area contributed by atoms with E-state index in [1.807, 2.05) is 6.07 Å². The molecule has 1 N–H and O–H groups in total. The molecule has 3 aromatic rings. The Kier molecular flexibility index (Phi) is 6.70. The number of rotatable bonds is 7. The molecule has 0 aliphatic rings. The number of ketones is 1. The number of hydrogen-bond acceptors (Lipinski definition) is 4. The van der Waals surface area contributed by atoms with Crippen LogP contribution in [0.25, 0.3) is 0 Å². The molecule has 1 atom stereocenters. The average molecular weight is 405 g/mol. The Morgan fingerprint density at radius 3 is 2.13 bits per heavy atom. The molecule has 0 saturated carbocycles. The molecule has 0 aliphatic heterocycles. The van der Waals surface area contributed by atoms with Crippen LogP contribution in [0.4, 0.5) is 4.39 Å². The van der Waals surface area contributed by atoms with Crippen molar-refractivity contribution in [2.24, 2.45) is 0 Å². The number of benzene rings is 3. The second kappa shape index (κ2) is 9.60. The van der Waals surface area contributed by atoms with Crippen molar-refractivity contribution in [3.8, 4) is 0 Å². The molecule has 0 bridgehead atoms. The van der Waals surface area contributed by atoms with E-state index in [1.54, 1.807) is 48.5 Å². The molecule has 0 spiro atoms. The minimum atomic E-state index is -0.957. The Labute approximate surface area is 173 Å². The highest BCUT2D eigenvalue weighted by atomic mass is 19.1. The van der Waals surface area contributed by atoms with Gasteiger partial charge in [0.05, 0.1) is 7.11 Å². The first-order chi connectivity index (χ1) is 14.5. The number of halogens is 1. The standard InChI is InChI=1S/C24H20FNO4/c1-30-24(29)21(26-23(28)19-8-5-9-20(25)15-19)14-16-10-12-18(13-11-16)22(27)17-6-3-2-4-7-17/h2-13,15,21H,14H2,1H3,(H,26,28)/t21-/m0/s1. The summed E-state index contributed by atoms with van der Waals surface area (Å²) in [5.74, 6) is -1.85. The zero-order chi connectivity index (χ0) is 21.5. The molecule has 6 heteroatoms. The second-order valence-electron chi connectivity index (χ2n) is 6.66. The number of esters is 1. The average Bonchev–Trinajstić information content (AvgIpc) is 2.78. The van der Waals surface area contributed by atoms with Crippen LogP contribution in [-0.2, 0) is 16.0 Å². The van der Waals surface area contributed by atoms with Crippen LogP contribution in [0, 0.1) is 5.82 Å². The molecule has 30 heavy (non-hydrogen) atoms. The van der Waals surface area contributed by atoms with E-state index in [9.17, 15) is 18.8 Å². The maximum absolute atomic E-state index is 13.4. The van der Waals surface area contributed by atoms with Crippen LogP contribution in [0.15, 0.2) is 78.9 Å². The number of carbonyl (C=O) groups is 3. The van der Waals surface area contributed by atoms with E-state index in [2.05, 4.69) is 5.32 Å². The van der Waals surface area contributed by atoms with Crippen molar-refractivity contribution < 1.29 is 23.5 Å². The number of ether oxygens (including phenoxy) is 1. The molecular weight excluding hydrogens is 385 g/mol. The lowest BCUT2D eigenvalue weighted by atomic mass is 9.99. The Hall–Kier alpha value is -3.80. The largest absolute Gasteiger partial charge is 0.467 e. The van der Waals surface area contributed by atoms with Crippen molar-refractivity contribution >= 4 is 17.7 Å². The van der Waals surface area contributed by atoms with E-state index in [1.165, 1.54) is 25.3 Å². The van der Waals surface area contributed by atoms with Crippen LogP contribution in [-0.4, -0.2) is 30.8 Å². The van der Waals surface area contributed by atoms with Gasteiger partial charge in [-0.3, -0.25) is 9.59 Å². The van der Waals surface area contributed by atoms with Crippen molar-refractivity contribution in [1.82, 2.24) is 5.32 Å². The summed E-state index contributed by atoms with van der Waals surface area (Å²) < 4.78 is 18.1. The minimum absolute atomic E-state index is 0.104. The highest BCUT2D eigenvalue weighted by molar-refractivity contribution is 6.08. The Balaban J connectivity index is 1.73. The monoisotopic (exact) mass is 405 g/mol. The molecule has 3 rings (SSSR count). The molecule has 1 amide bonds. The van der Waals surface area contributed by atoms with E-state index in [0.717, 1.165) is 11.6 Å². The van der Waals surface area contributed by atoms with Gasteiger partial charge in [0.2, 0.25) is 0 Å². The molecule has 152 valence electrons. The lowest BCUT2D eigenvalue weighted by Crippen LogP contribution is -2.43. The summed E-state index contributed by atoms with van der Waals surface area (Å²) in [6.07, 6.45) is 0.160. The molecule has 3 aromatic carbocycles. The molecular formula is C24H20FNO4. The maximum atomic E-state index is 13.4. The highest BCUT2D eigenvalue weighted by Crippen LogP contribution is 2.13. The number of carbonyl (C=O) groups excluding carboxylic acids is 3. The van der Waals surface area contributed by atoms with Gasteiger partial charge in [-0.2, -0.15) is 0 Å². The van der Waals surface area contributed by atoms with Crippen molar-refractivity contribution in [2.75, 3.05) is 7.11 Å². The van der Waals surface area contributed by atoms with Gasteiger partial charge in [0, 0.05) is 23.1 Å². The lowest BCUT2D eigenvalue weighted by molar-refractivity contribution is -0.142. The van der Waals surface area contributed by atoms with Crippen LogP contribution in [0.1, 0.15) is 31.8 Å². The van der Waals surface area contributed by atoms with Crippen LogP contribution < -0.4 is 5.32 Å². The number of hydrogen-bond donors (Lipinski definition) is 1. The highest BCUT2D eigenvalue weighted by Gasteiger charge is 2.23. The molecule has 5 nitrogen and oxygen atoms in total. The third kappa shape index (κ3) is 5.17. The topological polar surface area (TPSA) is 72.5 Å². The zero-order valence-electron chi connectivity index (χ0n) is 16.3. The fraction of sp³-hybridized carbons (Fsp3) is 0.125. The number of nitrogens with one attached hydrogen (secondary N) is 1. The molecule has 0 aromatic heterocycles. The van der Waals surface area contributed by atoms with Crippen LogP contribution in [0.2, 0.25) is 0 Å². The maximum Gasteiger partial charge on any atom is 0.328 e. The molecule has 0 fully saturated rings. The fourth-order valence-corrected chi connectivity index (χ4v) is 2.99. The van der Waals surface area contributed by atoms with Gasteiger partial charge in [0.1, 0.15) is 11.9 Å². The molecule has 0 aliphatic carbocycles. The van der Waals surface area contributed by atoms with Gasteiger partial charge in [-0.05, 0) is 23.8 Å². The van der Waals surface area contributed by atoms with Gasteiger partial charge in [0.25, 0.3) is 5.91 Å². The van der Waals surface area contributed by atoms with Crippen molar-refractivity contribution in [3.05, 3.63) is 107 Å². The van der Waals surface area contributed by atoms with Crippen molar-refractivity contribution in [2.45, 2.75) is 12.5 Å². The Bertz CT molecular complexity index is 1050. The zero-order valence-corrected chi connectivity index (χ0v) is 16.3. The van der Waals surface area contributed by atoms with E-state index < -0.39 is 23.7 Å². The second-order valence-corrected chi connectivity index (χ2v) is 6.66. The summed E-state index contributed by atoms with van der Waals surface area (Å²) >= 11 is 0. The predicted octanol–water partition coefficient (Wildman–Crippen LogP) is 3.57. The van der Waals surface area contributed by atoms with Crippen LogP contribution in [0.3, 0.4) is 0 Å². The normalized spacial score (nSPS) is 11.4. The summed E-state index contributed by atoms with van der Waals surface area (Å²) in [4.78, 5) is 37.0. The SMILES string of the molecule is COC(=O)[C@H](Cc1ccc(C(=O)c2ccccc2)cc1)NC(=O)c1cccc(F)c1. The Morgan fingerprint density at radius 1 is 0.867 bits per heavy atom. The summed E-state index contributed by atoms with van der Waals surface area (Å²) in [5.41, 5.74) is 1.94. The third-order valence-corrected chi connectivity index (χ3v) is 4.57. The van der Waals surface area contributed by atoms with E-state index in [-0.39, 0.29) is 17.8 Å². The number of methoxy groups -OCH3 is 1. The van der Waals surface area contributed by atoms with E-state index in [4.69, 9.17) is 4.74 Å². The van der Waals surface area contributed by atoms with Gasteiger partial charge in [-0.1, -0.05) is 60.7 Å². The molecule has 0 saturated heterocycles. The quantitative estimate of drug-likeness (QED) is 0.482. The van der Waals surface area contributed by atoms with Crippen molar-refractivity contribution in [3.63, 3.8) is 0 Å². The molecule has 0 unspecified atom stereocenters. The van der Waals surface area contributed by atoms with Gasteiger partial charge in [-0.25, -0.2) is 9.18 Å². The summed E-state index contributed by atoms with van der Waals surface area (Å²) in [6, 6.07) is 19.9. The van der Waals surface area contributed by atoms with Gasteiger partial charge >= 0.3 is 5.97 Å². The summed E-state index contributed by atoms with van der Waals surface area (Å²) in [7, 11) is 1.23. The third-order valence-electron chi connectivity index (χ3n) is 4.57. The van der Waals surface area contributed by atoms with Gasteiger partial charge in [0.15, 0.2) is 5.78 Å². The molecule has 0 radical (unpaired) electrons. The van der Waals surface area contributed by atoms with Gasteiger partial charge in [-0.15, -0.1) is 0 Å². The lowest BCUT2D eigenvalue weighted by Gasteiger charge is -2.17. The first-order valence-electron chi connectivity index (χ1n) is 9.31. The van der Waals surface area contributed by atoms with Crippen LogP contribution in [0.5, 0.6) is 0 Å². The first-order valence-corrected chi connectivity index (χ1v) is 9.31. The van der Waals surface area contributed by atoms with Crippen molar-refractivity contribution in [1.29, 1.82) is 0 Å². The smallest absolute Gasteiger partial charge is 0.328 e. The molecule has 0 heterocycles. The fourth-order valence-electron chi connectivity index (χ4n) is 2.99. The van der Waals surface area contributed by atoms with E-state index in [0.29, 0.717) is 11.1 Å². The van der Waals surface area contributed by atoms with Gasteiger partial charge < -0.3 is 10.1 Å². The first kappa shape index (κ1) is 20.9. The van der Waals surface area contributed by atoms with E-state index >= 15 is 0 Å². The Morgan fingerprint density at radius 2 is 1.50 bits per heavy atom. The summed E-state index contributed by atoms with van der Waals surface area (Å²) in [5, 5.41) is 2.58. The number of amides is 1. The van der Waals surface area contributed by atoms with Crippen LogP contribution >= 0.6 is 0 Å². The summed E-state index contributed by atoms with van der Waals surface area (Å²) in [6.45, 7) is 0. The predicted molar refractivity (Wildman–Crippen MR) is 110 cm³/mol.